The van der Waals surface area contributed by atoms with Crippen molar-refractivity contribution in [3.05, 3.63) is 62.1 Å². The van der Waals surface area contributed by atoms with E-state index in [1.165, 1.54) is 25.3 Å². The van der Waals surface area contributed by atoms with Gasteiger partial charge in [-0.3, -0.25) is 14.9 Å². The van der Waals surface area contributed by atoms with E-state index in [2.05, 4.69) is 5.32 Å². The molecule has 1 amide bonds. The van der Waals surface area contributed by atoms with Gasteiger partial charge in [0, 0.05) is 0 Å². The summed E-state index contributed by atoms with van der Waals surface area (Å²) in [4.78, 5) is 22.6. The van der Waals surface area contributed by atoms with Crippen LogP contribution in [0.4, 0.5) is 5.69 Å². The number of methoxy groups -OCH3 is 1. The van der Waals surface area contributed by atoms with Gasteiger partial charge in [0.1, 0.15) is 5.75 Å². The molecule has 0 saturated carbocycles. The lowest BCUT2D eigenvalue weighted by molar-refractivity contribution is -0.385. The molecule has 0 radical (unpaired) electrons. The maximum Gasteiger partial charge on any atom is 0.314 e. The Morgan fingerprint density at radius 2 is 1.96 bits per heavy atom. The Morgan fingerprint density at radius 3 is 2.58 bits per heavy atom. The van der Waals surface area contributed by atoms with Gasteiger partial charge in [-0.25, -0.2) is 0 Å². The van der Waals surface area contributed by atoms with Gasteiger partial charge in [0.15, 0.2) is 12.4 Å². The van der Waals surface area contributed by atoms with Gasteiger partial charge in [-0.15, -0.1) is 0 Å². The lowest BCUT2D eigenvalue weighted by atomic mass is 10.1. The smallest absolute Gasteiger partial charge is 0.314 e. The highest BCUT2D eigenvalue weighted by Crippen LogP contribution is 2.31. The monoisotopic (exact) mass is 398 g/mol. The molecule has 0 heterocycles. The van der Waals surface area contributed by atoms with Crippen LogP contribution >= 0.6 is 23.2 Å². The topological polar surface area (TPSA) is 90.7 Å². The van der Waals surface area contributed by atoms with Crippen molar-refractivity contribution >= 4 is 34.8 Å². The number of halogens is 2. The minimum absolute atomic E-state index is 0.0202. The van der Waals surface area contributed by atoms with E-state index in [-0.39, 0.29) is 24.1 Å². The molecular formula is C17H16Cl2N2O5. The fourth-order valence-electron chi connectivity index (χ4n) is 2.18. The van der Waals surface area contributed by atoms with Crippen molar-refractivity contribution < 1.29 is 19.2 Å². The van der Waals surface area contributed by atoms with E-state index in [4.69, 9.17) is 32.7 Å². The average molecular weight is 399 g/mol. The van der Waals surface area contributed by atoms with Crippen LogP contribution in [0.3, 0.4) is 0 Å². The molecule has 2 aromatic rings. The highest BCUT2D eigenvalue weighted by atomic mass is 35.5. The third-order valence-electron chi connectivity index (χ3n) is 3.54. The van der Waals surface area contributed by atoms with Gasteiger partial charge in [0.25, 0.3) is 5.91 Å². The third kappa shape index (κ3) is 5.00. The van der Waals surface area contributed by atoms with E-state index in [0.29, 0.717) is 15.8 Å². The van der Waals surface area contributed by atoms with E-state index >= 15 is 0 Å². The highest BCUT2D eigenvalue weighted by molar-refractivity contribution is 6.42. The number of rotatable bonds is 7. The molecule has 0 aliphatic rings. The Morgan fingerprint density at radius 1 is 1.23 bits per heavy atom. The fraction of sp³-hybridized carbons (Fsp3) is 0.235. The van der Waals surface area contributed by atoms with Gasteiger partial charge in [-0.2, -0.15) is 0 Å². The second kappa shape index (κ2) is 8.73. The zero-order valence-corrected chi connectivity index (χ0v) is 15.5. The predicted molar refractivity (Wildman–Crippen MR) is 98.2 cm³/mol. The molecule has 0 aromatic heterocycles. The summed E-state index contributed by atoms with van der Waals surface area (Å²) in [5, 5.41) is 14.6. The highest BCUT2D eigenvalue weighted by Gasteiger charge is 2.18. The molecule has 0 saturated heterocycles. The summed E-state index contributed by atoms with van der Waals surface area (Å²) in [5.74, 6) is -0.136. The molecule has 7 nitrogen and oxygen atoms in total. The quantitative estimate of drug-likeness (QED) is 0.558. The Kier molecular flexibility index (Phi) is 6.65. The SMILES string of the molecule is COc1ccc(OCC(=O)N[C@@H](C)c2ccc(Cl)c(Cl)c2)c([N+](=O)[O-])c1. The number of carbonyl (C=O) groups excluding carboxylic acids is 1. The van der Waals surface area contributed by atoms with E-state index in [9.17, 15) is 14.9 Å². The molecule has 0 aliphatic carbocycles. The standard InChI is InChI=1S/C17H16Cl2N2O5/c1-10(11-3-5-13(18)14(19)7-11)20-17(22)9-26-16-6-4-12(25-2)8-15(16)21(23)24/h3-8,10H,9H2,1-2H3,(H,20,22)/t10-/m0/s1. The largest absolute Gasteiger partial charge is 0.496 e. The molecule has 138 valence electrons. The lowest BCUT2D eigenvalue weighted by Crippen LogP contribution is -2.31. The van der Waals surface area contributed by atoms with Gasteiger partial charge in [-0.05, 0) is 36.8 Å². The first-order valence-electron chi connectivity index (χ1n) is 7.51. The van der Waals surface area contributed by atoms with Crippen LogP contribution in [0.15, 0.2) is 36.4 Å². The van der Waals surface area contributed by atoms with Crippen molar-refractivity contribution in [3.63, 3.8) is 0 Å². The molecule has 26 heavy (non-hydrogen) atoms. The number of amides is 1. The molecule has 2 rings (SSSR count). The fourth-order valence-corrected chi connectivity index (χ4v) is 2.49. The van der Waals surface area contributed by atoms with Gasteiger partial charge in [0.05, 0.1) is 34.2 Å². The average Bonchev–Trinajstić information content (AvgIpc) is 2.61. The van der Waals surface area contributed by atoms with Crippen LogP contribution in [-0.2, 0) is 4.79 Å². The number of nitrogens with zero attached hydrogens (tertiary/aromatic N) is 1. The van der Waals surface area contributed by atoms with Crippen LogP contribution in [0, 0.1) is 10.1 Å². The molecule has 1 atom stereocenters. The Bertz CT molecular complexity index is 829. The number of nitrogens with one attached hydrogen (secondary N) is 1. The number of benzene rings is 2. The summed E-state index contributed by atoms with van der Waals surface area (Å²) < 4.78 is 10.2. The van der Waals surface area contributed by atoms with Crippen LogP contribution in [-0.4, -0.2) is 24.5 Å². The first-order valence-corrected chi connectivity index (χ1v) is 8.27. The van der Waals surface area contributed by atoms with E-state index in [1.54, 1.807) is 25.1 Å². The second-order valence-electron chi connectivity index (χ2n) is 5.34. The zero-order chi connectivity index (χ0) is 19.3. The Balaban J connectivity index is 2.00. The summed E-state index contributed by atoms with van der Waals surface area (Å²) in [6.45, 7) is 1.39. The molecule has 0 fully saturated rings. The van der Waals surface area contributed by atoms with Crippen LogP contribution in [0.5, 0.6) is 11.5 Å². The molecule has 0 bridgehead atoms. The van der Waals surface area contributed by atoms with Crippen LogP contribution in [0.2, 0.25) is 10.0 Å². The number of carbonyl (C=O) groups is 1. The van der Waals surface area contributed by atoms with Gasteiger partial charge in [0.2, 0.25) is 0 Å². The molecular weight excluding hydrogens is 383 g/mol. The Labute approximate surface area is 160 Å². The van der Waals surface area contributed by atoms with Crippen LogP contribution in [0.1, 0.15) is 18.5 Å². The summed E-state index contributed by atoms with van der Waals surface area (Å²) in [7, 11) is 1.40. The van der Waals surface area contributed by atoms with E-state index < -0.39 is 10.8 Å². The normalized spacial score (nSPS) is 11.5. The second-order valence-corrected chi connectivity index (χ2v) is 6.16. The summed E-state index contributed by atoms with van der Waals surface area (Å²) in [6.07, 6.45) is 0. The predicted octanol–water partition coefficient (Wildman–Crippen LogP) is 4.17. The van der Waals surface area contributed by atoms with E-state index in [1.807, 2.05) is 0 Å². The minimum Gasteiger partial charge on any atom is -0.496 e. The molecule has 9 heteroatoms. The molecule has 1 N–H and O–H groups in total. The van der Waals surface area contributed by atoms with Crippen molar-refractivity contribution in [2.75, 3.05) is 13.7 Å². The van der Waals surface area contributed by atoms with Gasteiger partial charge >= 0.3 is 5.69 Å². The van der Waals surface area contributed by atoms with Crippen LogP contribution < -0.4 is 14.8 Å². The zero-order valence-electron chi connectivity index (χ0n) is 14.0. The van der Waals surface area contributed by atoms with Crippen LogP contribution in [0.25, 0.3) is 0 Å². The maximum atomic E-state index is 12.1. The molecule has 0 spiro atoms. The van der Waals surface area contributed by atoms with Crippen molar-refractivity contribution in [2.24, 2.45) is 0 Å². The minimum atomic E-state index is -0.603. The number of ether oxygens (including phenoxy) is 2. The third-order valence-corrected chi connectivity index (χ3v) is 4.28. The van der Waals surface area contributed by atoms with Gasteiger partial charge < -0.3 is 14.8 Å². The van der Waals surface area contributed by atoms with Crippen molar-refractivity contribution in [3.8, 4) is 11.5 Å². The number of hydrogen-bond acceptors (Lipinski definition) is 5. The number of hydrogen-bond donors (Lipinski definition) is 1. The molecule has 2 aromatic carbocycles. The summed E-state index contributed by atoms with van der Waals surface area (Å²) >= 11 is 11.8. The number of nitro benzene ring substituents is 1. The Hall–Kier alpha value is -2.51. The first kappa shape index (κ1) is 19.8. The molecule has 0 unspecified atom stereocenters. The van der Waals surface area contributed by atoms with Crippen molar-refractivity contribution in [1.29, 1.82) is 0 Å². The summed E-state index contributed by atoms with van der Waals surface area (Å²) in [5.41, 5.74) is 0.484. The van der Waals surface area contributed by atoms with Crippen molar-refractivity contribution in [2.45, 2.75) is 13.0 Å². The first-order chi connectivity index (χ1) is 12.3. The summed E-state index contributed by atoms with van der Waals surface area (Å²) in [6, 6.07) is 8.82. The number of nitro groups is 1. The lowest BCUT2D eigenvalue weighted by Gasteiger charge is -2.15. The van der Waals surface area contributed by atoms with Gasteiger partial charge in [-0.1, -0.05) is 29.3 Å². The maximum absolute atomic E-state index is 12.1. The van der Waals surface area contributed by atoms with Crippen molar-refractivity contribution in [1.82, 2.24) is 5.32 Å². The molecule has 0 aliphatic heterocycles. The van der Waals surface area contributed by atoms with E-state index in [0.717, 1.165) is 5.56 Å².